The predicted molar refractivity (Wildman–Crippen MR) is 148 cm³/mol. The molecule has 0 aliphatic carbocycles. The Balaban J connectivity index is 1.26. The molecule has 0 atom stereocenters. The molecule has 5 rings (SSSR count). The first kappa shape index (κ1) is 24.3. The van der Waals surface area contributed by atoms with Gasteiger partial charge < -0.3 is 21.1 Å². The molecular formula is C28H25BrN6O2. The number of fused-ring (bicyclic) bond motifs is 1. The van der Waals surface area contributed by atoms with Crippen LogP contribution in [0.2, 0.25) is 0 Å². The van der Waals surface area contributed by atoms with E-state index in [9.17, 15) is 9.90 Å². The molecule has 0 unspecified atom stereocenters. The van der Waals surface area contributed by atoms with Crippen LogP contribution in [0.15, 0.2) is 102 Å². The summed E-state index contributed by atoms with van der Waals surface area (Å²) in [7, 11) is 0. The van der Waals surface area contributed by atoms with E-state index in [1.165, 1.54) is 0 Å². The number of nitrogens with zero attached hydrogens (tertiary/aromatic N) is 3. The average Bonchev–Trinajstić information content (AvgIpc) is 3.31. The van der Waals surface area contributed by atoms with Crippen molar-refractivity contribution in [2.45, 2.75) is 6.04 Å². The zero-order valence-electron chi connectivity index (χ0n) is 19.8. The molecule has 0 bridgehead atoms. The summed E-state index contributed by atoms with van der Waals surface area (Å²) >= 11 is 3.49. The van der Waals surface area contributed by atoms with E-state index in [1.54, 1.807) is 22.8 Å². The fourth-order valence-electron chi connectivity index (χ4n) is 4.09. The molecule has 37 heavy (non-hydrogen) atoms. The third-order valence-electron chi connectivity index (χ3n) is 5.87. The van der Waals surface area contributed by atoms with Crippen molar-refractivity contribution in [3.05, 3.63) is 113 Å². The number of carbonyl (C=O) groups excluding carboxylic acids is 1. The van der Waals surface area contributed by atoms with Crippen LogP contribution in [0.1, 0.15) is 17.2 Å². The van der Waals surface area contributed by atoms with Gasteiger partial charge in [0.1, 0.15) is 11.6 Å². The Hall–Kier alpha value is -4.37. The van der Waals surface area contributed by atoms with Crippen LogP contribution in [-0.4, -0.2) is 38.8 Å². The minimum atomic E-state index is -0.267. The van der Waals surface area contributed by atoms with Crippen LogP contribution in [0.3, 0.4) is 0 Å². The van der Waals surface area contributed by atoms with Crippen molar-refractivity contribution >= 4 is 33.4 Å². The smallest absolute Gasteiger partial charge is 0.315 e. The van der Waals surface area contributed by atoms with Crippen LogP contribution in [0.4, 0.5) is 10.6 Å². The number of aromatic nitrogens is 3. The van der Waals surface area contributed by atoms with E-state index in [4.69, 9.17) is 0 Å². The van der Waals surface area contributed by atoms with Crippen LogP contribution in [0.5, 0.6) is 5.75 Å². The Kier molecular flexibility index (Phi) is 7.32. The number of benzene rings is 3. The number of nitrogens with one attached hydrogen (secondary N) is 3. The van der Waals surface area contributed by atoms with Gasteiger partial charge in [0, 0.05) is 24.7 Å². The van der Waals surface area contributed by atoms with Gasteiger partial charge in [0.05, 0.1) is 22.4 Å². The lowest BCUT2D eigenvalue weighted by Gasteiger charge is -2.20. The summed E-state index contributed by atoms with van der Waals surface area (Å²) in [5, 5.41) is 24.0. The normalized spacial score (nSPS) is 11.0. The number of carbonyl (C=O) groups is 1. The molecule has 0 spiro atoms. The summed E-state index contributed by atoms with van der Waals surface area (Å²) < 4.78 is 2.41. The molecule has 2 amide bonds. The predicted octanol–water partition coefficient (Wildman–Crippen LogP) is 5.37. The molecule has 8 nitrogen and oxygen atoms in total. The second kappa shape index (κ2) is 11.1. The van der Waals surface area contributed by atoms with Crippen LogP contribution in [0, 0.1) is 0 Å². The number of rotatable bonds is 8. The first-order valence-electron chi connectivity index (χ1n) is 11.8. The van der Waals surface area contributed by atoms with Gasteiger partial charge in [-0.25, -0.2) is 9.78 Å². The molecule has 9 heteroatoms. The molecule has 2 aromatic heterocycles. The van der Waals surface area contributed by atoms with E-state index >= 15 is 0 Å². The second-order valence-electron chi connectivity index (χ2n) is 8.35. The monoisotopic (exact) mass is 556 g/mol. The van der Waals surface area contributed by atoms with Crippen LogP contribution < -0.4 is 16.0 Å². The number of halogens is 1. The number of phenolic OH excluding ortho intramolecular Hbond substituents is 1. The third-order valence-corrected chi connectivity index (χ3v) is 6.43. The summed E-state index contributed by atoms with van der Waals surface area (Å²) in [6, 6.07) is 28.1. The number of hydrogen-bond donors (Lipinski definition) is 4. The largest absolute Gasteiger partial charge is 0.507 e. The van der Waals surface area contributed by atoms with E-state index in [1.807, 2.05) is 78.9 Å². The first-order chi connectivity index (χ1) is 18.1. The molecule has 0 aliphatic rings. The van der Waals surface area contributed by atoms with E-state index in [0.717, 1.165) is 15.6 Å². The molecule has 0 fully saturated rings. The SMILES string of the molecule is O=C(NCCNc1cc(-c2ccccc2O)nc2c(Br)cnn12)NC(c1ccccc1)c1ccccc1. The fraction of sp³-hybridized carbons (Fsp3) is 0.107. The molecule has 5 aromatic rings. The van der Waals surface area contributed by atoms with Crippen LogP contribution in [0.25, 0.3) is 16.9 Å². The molecule has 186 valence electrons. The van der Waals surface area contributed by atoms with E-state index < -0.39 is 0 Å². The summed E-state index contributed by atoms with van der Waals surface area (Å²) in [6.07, 6.45) is 1.67. The standard InChI is InChI=1S/C28H25BrN6O2/c29-22-18-32-35-25(17-23(33-27(22)35)21-13-7-8-14-24(21)36)30-15-16-31-28(37)34-26(19-9-3-1-4-10-19)20-11-5-2-6-12-20/h1-14,17-18,26,30,36H,15-16H2,(H2,31,34,37). The first-order valence-corrected chi connectivity index (χ1v) is 12.6. The molecule has 0 saturated heterocycles. The highest BCUT2D eigenvalue weighted by atomic mass is 79.9. The van der Waals surface area contributed by atoms with E-state index in [0.29, 0.717) is 35.8 Å². The summed E-state index contributed by atoms with van der Waals surface area (Å²) in [5.41, 5.74) is 3.84. The quantitative estimate of drug-likeness (QED) is 0.192. The summed E-state index contributed by atoms with van der Waals surface area (Å²) in [6.45, 7) is 0.825. The number of hydrogen-bond acceptors (Lipinski definition) is 5. The maximum absolute atomic E-state index is 12.8. The van der Waals surface area contributed by atoms with Crippen molar-refractivity contribution in [1.29, 1.82) is 0 Å². The van der Waals surface area contributed by atoms with Crippen LogP contribution >= 0.6 is 15.9 Å². The zero-order chi connectivity index (χ0) is 25.6. The van der Waals surface area contributed by atoms with Crippen molar-refractivity contribution < 1.29 is 9.90 Å². The Labute approximate surface area is 222 Å². The number of phenols is 1. The number of para-hydroxylation sites is 1. The van der Waals surface area contributed by atoms with Crippen molar-refractivity contribution in [2.75, 3.05) is 18.4 Å². The van der Waals surface area contributed by atoms with E-state index in [2.05, 4.69) is 42.0 Å². The number of aromatic hydroxyl groups is 1. The minimum absolute atomic E-state index is 0.144. The van der Waals surface area contributed by atoms with Gasteiger partial charge in [-0.1, -0.05) is 72.8 Å². The molecular weight excluding hydrogens is 532 g/mol. The second-order valence-corrected chi connectivity index (χ2v) is 9.21. The topological polar surface area (TPSA) is 104 Å². The third kappa shape index (κ3) is 5.57. The molecule has 2 heterocycles. The fourth-order valence-corrected chi connectivity index (χ4v) is 4.44. The van der Waals surface area contributed by atoms with Gasteiger partial charge in [0.25, 0.3) is 0 Å². The number of urea groups is 1. The number of anilines is 1. The summed E-state index contributed by atoms with van der Waals surface area (Å²) in [4.78, 5) is 17.4. The van der Waals surface area contributed by atoms with Crippen molar-refractivity contribution in [1.82, 2.24) is 25.2 Å². The highest BCUT2D eigenvalue weighted by molar-refractivity contribution is 9.10. The molecule has 0 saturated carbocycles. The lowest BCUT2D eigenvalue weighted by atomic mass is 9.99. The highest BCUT2D eigenvalue weighted by Gasteiger charge is 2.17. The van der Waals surface area contributed by atoms with Gasteiger partial charge in [-0.3, -0.25) is 0 Å². The number of amides is 2. The van der Waals surface area contributed by atoms with Gasteiger partial charge in [-0.05, 0) is 39.2 Å². The Morgan fingerprint density at radius 2 is 1.57 bits per heavy atom. The Bertz CT molecular complexity index is 1470. The lowest BCUT2D eigenvalue weighted by Crippen LogP contribution is -2.40. The minimum Gasteiger partial charge on any atom is -0.507 e. The molecule has 0 radical (unpaired) electrons. The highest BCUT2D eigenvalue weighted by Crippen LogP contribution is 2.31. The zero-order valence-corrected chi connectivity index (χ0v) is 21.4. The van der Waals surface area contributed by atoms with E-state index in [-0.39, 0.29) is 17.8 Å². The van der Waals surface area contributed by atoms with Gasteiger partial charge in [0.2, 0.25) is 0 Å². The molecule has 3 aromatic carbocycles. The maximum atomic E-state index is 12.8. The maximum Gasteiger partial charge on any atom is 0.315 e. The molecule has 0 aliphatic heterocycles. The lowest BCUT2D eigenvalue weighted by molar-refractivity contribution is 0.239. The average molecular weight is 557 g/mol. The Morgan fingerprint density at radius 1 is 0.919 bits per heavy atom. The van der Waals surface area contributed by atoms with Crippen molar-refractivity contribution in [3.63, 3.8) is 0 Å². The van der Waals surface area contributed by atoms with Gasteiger partial charge in [-0.2, -0.15) is 9.61 Å². The van der Waals surface area contributed by atoms with Crippen molar-refractivity contribution in [2.24, 2.45) is 0 Å². The van der Waals surface area contributed by atoms with Gasteiger partial charge >= 0.3 is 6.03 Å². The van der Waals surface area contributed by atoms with Crippen LogP contribution in [-0.2, 0) is 0 Å². The van der Waals surface area contributed by atoms with Gasteiger partial charge in [0.15, 0.2) is 5.65 Å². The van der Waals surface area contributed by atoms with Crippen molar-refractivity contribution in [3.8, 4) is 17.0 Å². The molecule has 4 N–H and O–H groups in total. The van der Waals surface area contributed by atoms with Gasteiger partial charge in [-0.15, -0.1) is 0 Å². The Morgan fingerprint density at radius 3 is 2.24 bits per heavy atom. The summed E-state index contributed by atoms with van der Waals surface area (Å²) in [5.74, 6) is 0.827.